The van der Waals surface area contributed by atoms with Gasteiger partial charge in [0.1, 0.15) is 5.82 Å². The Balaban J connectivity index is 2.07. The number of nitrogens with two attached hydrogens (primary N) is 1. The van der Waals surface area contributed by atoms with Crippen LogP contribution in [0.4, 0.5) is 4.39 Å². The number of aliphatic hydroxyl groups excluding tert-OH is 1. The van der Waals surface area contributed by atoms with Gasteiger partial charge in [0.15, 0.2) is 6.10 Å². The zero-order chi connectivity index (χ0) is 17.0. The molecule has 23 heavy (non-hydrogen) atoms. The van der Waals surface area contributed by atoms with Gasteiger partial charge < -0.3 is 15.9 Å². The third-order valence-corrected chi connectivity index (χ3v) is 3.74. The number of carbonyl (C=O) groups is 1. The summed E-state index contributed by atoms with van der Waals surface area (Å²) >= 11 is 5.89. The quantitative estimate of drug-likeness (QED) is 0.757. The topological polar surface area (TPSA) is 83.5 Å². The molecule has 2 aromatic rings. The van der Waals surface area contributed by atoms with E-state index in [0.717, 1.165) is 5.56 Å². The largest absolute Gasteiger partial charge is 0.479 e. The Hall–Kier alpha value is -1.95. The fraction of sp³-hybridized carbons (Fsp3) is 0.235. The average Bonchev–Trinajstić information content (AvgIpc) is 2.50. The maximum Gasteiger partial charge on any atom is 0.332 e. The maximum absolute atomic E-state index is 13.8. The van der Waals surface area contributed by atoms with Crippen LogP contribution in [0.15, 0.2) is 42.5 Å². The Bertz CT molecular complexity index is 691. The molecule has 0 aliphatic carbocycles. The number of carboxylic acid groups (broad SMARTS) is 1. The Kier molecular flexibility index (Phi) is 5.71. The second kappa shape index (κ2) is 7.55. The number of aliphatic carboxylic acids is 1. The summed E-state index contributed by atoms with van der Waals surface area (Å²) in [5.41, 5.74) is 7.81. The zero-order valence-electron chi connectivity index (χ0n) is 12.2. The molecular formula is C17H17ClFNO3. The van der Waals surface area contributed by atoms with Crippen LogP contribution in [0, 0.1) is 5.82 Å². The number of carboxylic acids is 1. The lowest BCUT2D eigenvalue weighted by atomic mass is 9.98. The van der Waals surface area contributed by atoms with Crippen molar-refractivity contribution < 1.29 is 19.4 Å². The van der Waals surface area contributed by atoms with E-state index >= 15 is 0 Å². The fourth-order valence-corrected chi connectivity index (χ4v) is 2.48. The molecule has 2 rings (SSSR count). The Labute approximate surface area is 138 Å². The van der Waals surface area contributed by atoms with E-state index in [1.54, 1.807) is 30.3 Å². The first kappa shape index (κ1) is 17.4. The molecule has 0 aromatic heterocycles. The number of aliphatic hydroxyl groups is 1. The highest BCUT2D eigenvalue weighted by Crippen LogP contribution is 2.26. The van der Waals surface area contributed by atoms with Crippen LogP contribution in [0.2, 0.25) is 5.02 Å². The minimum atomic E-state index is -1.47. The van der Waals surface area contributed by atoms with E-state index in [1.165, 1.54) is 12.1 Å². The smallest absolute Gasteiger partial charge is 0.332 e. The number of rotatable bonds is 6. The molecule has 0 saturated carbocycles. The van der Waals surface area contributed by atoms with Crippen molar-refractivity contribution in [1.29, 1.82) is 0 Å². The molecule has 0 radical (unpaired) electrons. The van der Waals surface area contributed by atoms with Gasteiger partial charge in [0.05, 0.1) is 0 Å². The summed E-state index contributed by atoms with van der Waals surface area (Å²) in [5.74, 6) is -1.64. The summed E-state index contributed by atoms with van der Waals surface area (Å²) in [6, 6.07) is 11.0. The minimum Gasteiger partial charge on any atom is -0.479 e. The molecule has 2 atom stereocenters. The zero-order valence-corrected chi connectivity index (χ0v) is 13.0. The van der Waals surface area contributed by atoms with Gasteiger partial charge in [-0.25, -0.2) is 9.18 Å². The van der Waals surface area contributed by atoms with Crippen LogP contribution in [0.3, 0.4) is 0 Å². The van der Waals surface area contributed by atoms with Gasteiger partial charge in [0.2, 0.25) is 0 Å². The molecule has 4 nitrogen and oxygen atoms in total. The summed E-state index contributed by atoms with van der Waals surface area (Å²) in [6.07, 6.45) is -1.08. The molecule has 0 amide bonds. The van der Waals surface area contributed by atoms with Crippen LogP contribution in [0.5, 0.6) is 0 Å². The molecule has 0 saturated heterocycles. The van der Waals surface area contributed by atoms with E-state index in [9.17, 15) is 14.3 Å². The predicted molar refractivity (Wildman–Crippen MR) is 86.8 cm³/mol. The fourth-order valence-electron chi connectivity index (χ4n) is 2.31. The van der Waals surface area contributed by atoms with Crippen LogP contribution in [-0.4, -0.2) is 28.3 Å². The van der Waals surface area contributed by atoms with Crippen molar-refractivity contribution in [1.82, 2.24) is 0 Å². The van der Waals surface area contributed by atoms with Crippen molar-refractivity contribution in [3.8, 4) is 11.1 Å². The summed E-state index contributed by atoms with van der Waals surface area (Å²) in [4.78, 5) is 10.6. The third-order valence-electron chi connectivity index (χ3n) is 3.50. The van der Waals surface area contributed by atoms with Gasteiger partial charge in [-0.15, -0.1) is 0 Å². The van der Waals surface area contributed by atoms with Crippen LogP contribution >= 0.6 is 11.6 Å². The van der Waals surface area contributed by atoms with Crippen LogP contribution in [0.1, 0.15) is 12.0 Å². The van der Waals surface area contributed by atoms with E-state index in [0.29, 0.717) is 22.6 Å². The molecule has 0 heterocycles. The number of benzene rings is 2. The van der Waals surface area contributed by atoms with E-state index in [4.69, 9.17) is 22.4 Å². The molecule has 0 spiro atoms. The van der Waals surface area contributed by atoms with Gasteiger partial charge in [0, 0.05) is 16.6 Å². The van der Waals surface area contributed by atoms with Gasteiger partial charge >= 0.3 is 5.97 Å². The minimum absolute atomic E-state index is 0.0278. The lowest BCUT2D eigenvalue weighted by Gasteiger charge is -2.14. The highest BCUT2D eigenvalue weighted by molar-refractivity contribution is 6.30. The van der Waals surface area contributed by atoms with E-state index in [2.05, 4.69) is 0 Å². The number of halogens is 2. The summed E-state index contributed by atoms with van der Waals surface area (Å²) in [7, 11) is 0. The molecule has 6 heteroatoms. The lowest BCUT2D eigenvalue weighted by molar-refractivity contribution is -0.147. The highest BCUT2D eigenvalue weighted by Gasteiger charge is 2.17. The number of hydrogen-bond acceptors (Lipinski definition) is 3. The van der Waals surface area contributed by atoms with Gasteiger partial charge in [-0.2, -0.15) is 0 Å². The van der Waals surface area contributed by atoms with Crippen molar-refractivity contribution >= 4 is 17.6 Å². The van der Waals surface area contributed by atoms with Crippen LogP contribution < -0.4 is 5.73 Å². The van der Waals surface area contributed by atoms with Gasteiger partial charge in [-0.05, 0) is 42.2 Å². The highest BCUT2D eigenvalue weighted by atomic mass is 35.5. The van der Waals surface area contributed by atoms with Crippen molar-refractivity contribution in [2.75, 3.05) is 0 Å². The van der Waals surface area contributed by atoms with E-state index < -0.39 is 18.1 Å². The Morgan fingerprint density at radius 1 is 1.22 bits per heavy atom. The lowest BCUT2D eigenvalue weighted by Crippen LogP contribution is -2.32. The summed E-state index contributed by atoms with van der Waals surface area (Å²) < 4.78 is 13.8. The van der Waals surface area contributed by atoms with Crippen LogP contribution in [0.25, 0.3) is 11.1 Å². The van der Waals surface area contributed by atoms with Crippen molar-refractivity contribution in [2.24, 2.45) is 5.73 Å². The standard InChI is InChI=1S/C17H17ClFNO3/c18-12-5-6-15(19)14(8-12)11-3-1-10(2-4-11)7-13(20)9-16(21)17(22)23/h1-6,8,13,16,21H,7,9,20H2,(H,22,23)/t13-,16-/m1/s1. The van der Waals surface area contributed by atoms with E-state index in [-0.39, 0.29) is 12.2 Å². The van der Waals surface area contributed by atoms with Gasteiger partial charge in [-0.1, -0.05) is 35.9 Å². The molecule has 0 unspecified atom stereocenters. The molecule has 0 bridgehead atoms. The molecule has 0 aliphatic heterocycles. The first-order valence-electron chi connectivity index (χ1n) is 7.07. The van der Waals surface area contributed by atoms with E-state index in [1.807, 2.05) is 0 Å². The second-order valence-electron chi connectivity index (χ2n) is 5.38. The molecule has 122 valence electrons. The van der Waals surface area contributed by atoms with Crippen molar-refractivity contribution in [3.63, 3.8) is 0 Å². The number of hydrogen-bond donors (Lipinski definition) is 3. The van der Waals surface area contributed by atoms with Gasteiger partial charge in [0.25, 0.3) is 0 Å². The monoisotopic (exact) mass is 337 g/mol. The molecule has 0 aliphatic rings. The SMILES string of the molecule is N[C@H](Cc1ccc(-c2cc(Cl)ccc2F)cc1)C[C@@H](O)C(=O)O. The second-order valence-corrected chi connectivity index (χ2v) is 5.81. The normalized spacial score (nSPS) is 13.6. The van der Waals surface area contributed by atoms with Crippen molar-refractivity contribution in [2.45, 2.75) is 25.0 Å². The average molecular weight is 338 g/mol. The Morgan fingerprint density at radius 3 is 2.48 bits per heavy atom. The maximum atomic E-state index is 13.8. The molecule has 4 N–H and O–H groups in total. The Morgan fingerprint density at radius 2 is 1.87 bits per heavy atom. The molecular weight excluding hydrogens is 321 g/mol. The van der Waals surface area contributed by atoms with Crippen molar-refractivity contribution in [3.05, 3.63) is 58.9 Å². The molecule has 0 fully saturated rings. The summed E-state index contributed by atoms with van der Waals surface area (Å²) in [6.45, 7) is 0. The first-order valence-corrected chi connectivity index (χ1v) is 7.45. The van der Waals surface area contributed by atoms with Gasteiger partial charge in [-0.3, -0.25) is 0 Å². The predicted octanol–water partition coefficient (Wildman–Crippen LogP) is 2.85. The third kappa shape index (κ3) is 4.76. The van der Waals surface area contributed by atoms with Crippen LogP contribution in [-0.2, 0) is 11.2 Å². The summed E-state index contributed by atoms with van der Waals surface area (Å²) in [5, 5.41) is 18.4. The first-order chi connectivity index (χ1) is 10.9. The molecule has 2 aromatic carbocycles.